The Labute approximate surface area is 84.5 Å². The Kier molecular flexibility index (Phi) is 1.76. The van der Waals surface area contributed by atoms with Crippen LogP contribution in [-0.4, -0.2) is 36.6 Å². The van der Waals surface area contributed by atoms with E-state index in [1.807, 2.05) is 17.4 Å². The molecule has 0 aliphatic carbocycles. The third-order valence-electron chi connectivity index (χ3n) is 2.17. The van der Waals surface area contributed by atoms with Crippen molar-refractivity contribution in [2.75, 3.05) is 0 Å². The van der Waals surface area contributed by atoms with Crippen LogP contribution in [-0.2, 0) is 11.2 Å². The molecule has 13 heavy (non-hydrogen) atoms. The molecule has 2 rings (SSSR count). The summed E-state index contributed by atoms with van der Waals surface area (Å²) in [5.41, 5.74) is 1.11. The van der Waals surface area contributed by atoms with Crippen molar-refractivity contribution in [2.45, 2.75) is 25.9 Å². The monoisotopic (exact) mass is 194 g/mol. The molecule has 0 aromatic carbocycles. The van der Waals surface area contributed by atoms with Crippen LogP contribution in [0.3, 0.4) is 0 Å². The van der Waals surface area contributed by atoms with E-state index in [1.165, 1.54) is 0 Å². The number of ether oxygens (including phenoxy) is 1. The van der Waals surface area contributed by atoms with Crippen molar-refractivity contribution in [3.63, 3.8) is 0 Å². The van der Waals surface area contributed by atoms with Gasteiger partial charge in [0.25, 0.3) is 0 Å². The normalized spacial score (nSPS) is 19.4. The molecule has 0 N–H and O–H groups in total. The molecular weight excluding hydrogens is 183 g/mol. The minimum Gasteiger partial charge on any atom is -0.455 e. The third-order valence-corrected chi connectivity index (χ3v) is 2.85. The van der Waals surface area contributed by atoms with Gasteiger partial charge in [0.05, 0.1) is 12.0 Å². The van der Waals surface area contributed by atoms with E-state index in [0.29, 0.717) is 12.1 Å². The first kappa shape index (κ1) is 8.80. The Morgan fingerprint density at radius 2 is 2.38 bits per heavy atom. The van der Waals surface area contributed by atoms with Crippen LogP contribution >= 0.6 is 0 Å². The highest BCUT2D eigenvalue weighted by Crippen LogP contribution is 2.25. The van der Waals surface area contributed by atoms with Gasteiger partial charge in [-0.3, -0.25) is 0 Å². The van der Waals surface area contributed by atoms with Gasteiger partial charge in [-0.25, -0.2) is 9.78 Å². The number of cyclic esters (lactones) is 1. The molecular formula is C8H11AlN2O2. The summed E-state index contributed by atoms with van der Waals surface area (Å²) in [6.45, 7) is 3.81. The molecule has 0 amide bonds. The molecule has 0 fully saturated rings. The zero-order valence-electron chi connectivity index (χ0n) is 8.00. The maximum Gasteiger partial charge on any atom is 0.372 e. The van der Waals surface area contributed by atoms with Crippen LogP contribution in [0, 0.1) is 0 Å². The smallest absolute Gasteiger partial charge is 0.372 e. The Morgan fingerprint density at radius 3 is 3.08 bits per heavy atom. The average molecular weight is 194 g/mol. The molecule has 0 bridgehead atoms. The van der Waals surface area contributed by atoms with Gasteiger partial charge in [0.2, 0.25) is 0 Å². The fraction of sp³-hybridized carbons (Fsp3) is 0.500. The van der Waals surface area contributed by atoms with Gasteiger partial charge < -0.3 is 8.29 Å². The summed E-state index contributed by atoms with van der Waals surface area (Å²) >= 11 is 0.770. The molecule has 68 valence electrons. The Morgan fingerprint density at radius 1 is 1.69 bits per heavy atom. The number of hydrogen-bond donors (Lipinski definition) is 0. The number of imidazole rings is 1. The maximum absolute atomic E-state index is 11.5. The average Bonchev–Trinajstić information content (AvgIpc) is 2.28. The lowest BCUT2D eigenvalue weighted by Gasteiger charge is -2.29. The summed E-state index contributed by atoms with van der Waals surface area (Å²) in [6, 6.07) is 0. The molecule has 1 aromatic heterocycles. The second-order valence-corrected chi connectivity index (χ2v) is 4.94. The number of carbonyl (C=O) groups excluding carboxylic acids is 1. The second-order valence-electron chi connectivity index (χ2n) is 3.98. The van der Waals surface area contributed by atoms with Crippen LogP contribution < -0.4 is 0 Å². The first-order valence-corrected chi connectivity index (χ1v) is 5.12. The van der Waals surface area contributed by atoms with Gasteiger partial charge in [0.1, 0.15) is 11.3 Å². The molecule has 0 unspecified atom stereocenters. The quantitative estimate of drug-likeness (QED) is 0.423. The van der Waals surface area contributed by atoms with Gasteiger partial charge in [0.15, 0.2) is 0 Å². The molecule has 4 nitrogen and oxygen atoms in total. The molecule has 5 heteroatoms. The third kappa shape index (κ3) is 1.38. The van der Waals surface area contributed by atoms with Gasteiger partial charge in [-0.05, 0) is 13.8 Å². The molecule has 1 aromatic rings. The molecule has 0 saturated carbocycles. The van der Waals surface area contributed by atoms with E-state index in [1.54, 1.807) is 6.33 Å². The van der Waals surface area contributed by atoms with Gasteiger partial charge in [-0.1, -0.05) is 0 Å². The van der Waals surface area contributed by atoms with Gasteiger partial charge >= 0.3 is 22.5 Å². The summed E-state index contributed by atoms with van der Waals surface area (Å²) in [5, 5.41) is 0. The fourth-order valence-electron chi connectivity index (χ4n) is 1.61. The van der Waals surface area contributed by atoms with Crippen molar-refractivity contribution >= 4 is 22.5 Å². The van der Waals surface area contributed by atoms with E-state index in [4.69, 9.17) is 4.74 Å². The number of aromatic nitrogens is 2. The van der Waals surface area contributed by atoms with Crippen molar-refractivity contribution in [1.82, 2.24) is 8.53 Å². The van der Waals surface area contributed by atoms with Crippen LogP contribution in [0.2, 0.25) is 0 Å². The van der Waals surface area contributed by atoms with Crippen molar-refractivity contribution in [1.29, 1.82) is 0 Å². The topological polar surface area (TPSA) is 44.1 Å². The van der Waals surface area contributed by atoms with E-state index in [2.05, 4.69) is 4.98 Å². The molecule has 1 aliphatic heterocycles. The van der Waals surface area contributed by atoms with Crippen molar-refractivity contribution in [3.8, 4) is 0 Å². The SMILES string of the molecule is CC1(C)Cc2nc[n]([AlH2])c2C(=O)O1. The summed E-state index contributed by atoms with van der Waals surface area (Å²) in [7, 11) is 0. The molecule has 0 spiro atoms. The second kappa shape index (κ2) is 2.60. The molecule has 2 heterocycles. The number of carbonyl (C=O) groups is 1. The van der Waals surface area contributed by atoms with Crippen molar-refractivity contribution in [2.24, 2.45) is 0 Å². The summed E-state index contributed by atoms with van der Waals surface area (Å²) in [5.74, 6) is -0.237. The summed E-state index contributed by atoms with van der Waals surface area (Å²) in [4.78, 5) is 15.7. The van der Waals surface area contributed by atoms with Crippen LogP contribution in [0.4, 0.5) is 0 Å². The number of rotatable bonds is 0. The van der Waals surface area contributed by atoms with Crippen LogP contribution in [0.5, 0.6) is 0 Å². The van der Waals surface area contributed by atoms with Crippen LogP contribution in [0.1, 0.15) is 30.0 Å². The van der Waals surface area contributed by atoms with Gasteiger partial charge in [-0.15, -0.1) is 0 Å². The van der Waals surface area contributed by atoms with E-state index < -0.39 is 5.60 Å². The summed E-state index contributed by atoms with van der Waals surface area (Å²) in [6.07, 6.45) is 2.42. The van der Waals surface area contributed by atoms with E-state index in [-0.39, 0.29) is 5.97 Å². The highest BCUT2D eigenvalue weighted by molar-refractivity contribution is 6.10. The lowest BCUT2D eigenvalue weighted by atomic mass is 9.99. The lowest BCUT2D eigenvalue weighted by molar-refractivity contribution is -0.00779. The van der Waals surface area contributed by atoms with Crippen LogP contribution in [0.15, 0.2) is 6.33 Å². The van der Waals surface area contributed by atoms with E-state index in [9.17, 15) is 4.79 Å². The predicted molar refractivity (Wildman–Crippen MR) is 49.4 cm³/mol. The van der Waals surface area contributed by atoms with Crippen LogP contribution in [0.25, 0.3) is 0 Å². The van der Waals surface area contributed by atoms with E-state index in [0.717, 1.165) is 22.2 Å². The number of nitrogens with zero attached hydrogens (tertiary/aromatic N) is 2. The molecule has 0 atom stereocenters. The predicted octanol–water partition coefficient (Wildman–Crippen LogP) is -0.229. The minimum atomic E-state index is -0.403. The zero-order valence-corrected chi connectivity index (χ0v) is 10.00. The van der Waals surface area contributed by atoms with Crippen molar-refractivity contribution < 1.29 is 9.53 Å². The van der Waals surface area contributed by atoms with E-state index >= 15 is 0 Å². The molecule has 0 saturated heterocycles. The molecule has 0 radical (unpaired) electrons. The number of fused-ring (bicyclic) bond motifs is 1. The minimum absolute atomic E-state index is 0.237. The Bertz CT molecular complexity index is 370. The highest BCUT2D eigenvalue weighted by atomic mass is 27.1. The first-order chi connectivity index (χ1) is 5.99. The zero-order chi connectivity index (χ0) is 9.64. The first-order valence-electron chi connectivity index (χ1n) is 4.23. The van der Waals surface area contributed by atoms with Crippen molar-refractivity contribution in [3.05, 3.63) is 17.7 Å². The Hall–Kier alpha value is -0.788. The van der Waals surface area contributed by atoms with Gasteiger partial charge in [0, 0.05) is 6.42 Å². The largest absolute Gasteiger partial charge is 0.455 e. The highest BCUT2D eigenvalue weighted by Gasteiger charge is 2.34. The maximum atomic E-state index is 11.5. The summed E-state index contributed by atoms with van der Waals surface area (Å²) < 4.78 is 7.10. The standard InChI is InChI=1S/C8H10N2O2.Al.2H/c1-8(2)3-5-6(7(11)12-8)10-4-9-5;;;/h4H,3H2,1-2H3,(H,9,10,11);;;/q;+1;;/p-1. The molecule has 1 aliphatic rings. The lowest BCUT2D eigenvalue weighted by Crippen LogP contribution is -2.36. The van der Waals surface area contributed by atoms with Gasteiger partial charge in [-0.2, -0.15) is 0 Å². The number of esters is 1. The fourth-order valence-corrected chi connectivity index (χ4v) is 2.16. The Balaban J connectivity index is 2.51. The number of hydrogen-bond acceptors (Lipinski definition) is 3.